The van der Waals surface area contributed by atoms with E-state index in [0.29, 0.717) is 18.6 Å². The molecule has 40 heavy (non-hydrogen) atoms. The number of benzene rings is 2. The number of pyridine rings is 1. The van der Waals surface area contributed by atoms with Crippen LogP contribution in [0.25, 0.3) is 22.3 Å². The maximum absolute atomic E-state index is 13.2. The van der Waals surface area contributed by atoms with Crippen LogP contribution in [0.1, 0.15) is 40.7 Å². The summed E-state index contributed by atoms with van der Waals surface area (Å²) < 4.78 is 7.98. The van der Waals surface area contributed by atoms with E-state index in [2.05, 4.69) is 51.8 Å². The standard InChI is InChI=1S/C31H32N6O3/c1-36-17-24(16-34-36)23-13-25(30(32)33-15-23)31(39)35-26-4-3-5-28(26)40-18-19-6-8-20(9-7-19)21-10-11-27-22(12-21)14-29(38)37(27)2/h6-13,15-17,26,28H,3-5,14,18H2,1-2H3,(H2,32,33)(H,35,39)/t26-,28-/m0/s1. The van der Waals surface area contributed by atoms with Gasteiger partial charge in [0, 0.05) is 43.3 Å². The third-order valence-corrected chi connectivity index (χ3v) is 7.88. The van der Waals surface area contributed by atoms with E-state index in [4.69, 9.17) is 10.5 Å². The Morgan fingerprint density at radius 2 is 1.82 bits per heavy atom. The van der Waals surface area contributed by atoms with Crippen molar-refractivity contribution >= 4 is 23.3 Å². The largest absolute Gasteiger partial charge is 0.383 e. The highest BCUT2D eigenvalue weighted by atomic mass is 16.5. The number of nitrogens with one attached hydrogen (secondary N) is 1. The maximum atomic E-state index is 13.2. The zero-order chi connectivity index (χ0) is 27.8. The van der Waals surface area contributed by atoms with Gasteiger partial charge in [-0.05, 0) is 59.7 Å². The van der Waals surface area contributed by atoms with E-state index in [0.717, 1.165) is 58.3 Å². The van der Waals surface area contributed by atoms with E-state index >= 15 is 0 Å². The highest BCUT2D eigenvalue weighted by Gasteiger charge is 2.30. The van der Waals surface area contributed by atoms with Crippen molar-refractivity contribution in [1.29, 1.82) is 0 Å². The minimum atomic E-state index is -0.247. The number of aromatic nitrogens is 3. The summed E-state index contributed by atoms with van der Waals surface area (Å²) in [6, 6.07) is 16.1. The second-order valence-corrected chi connectivity index (χ2v) is 10.6. The van der Waals surface area contributed by atoms with Crippen molar-refractivity contribution in [2.75, 3.05) is 17.7 Å². The molecule has 1 saturated carbocycles. The van der Waals surface area contributed by atoms with Gasteiger partial charge in [-0.1, -0.05) is 30.3 Å². The van der Waals surface area contributed by atoms with Crippen molar-refractivity contribution in [3.05, 3.63) is 83.8 Å². The first kappa shape index (κ1) is 25.8. The Labute approximate surface area is 233 Å². The summed E-state index contributed by atoms with van der Waals surface area (Å²) in [6.07, 6.45) is 8.34. The first-order chi connectivity index (χ1) is 19.4. The van der Waals surface area contributed by atoms with E-state index in [1.54, 1.807) is 28.0 Å². The Kier molecular flexibility index (Phi) is 6.81. The molecule has 2 aromatic heterocycles. The SMILES string of the molecule is CN1C(=O)Cc2cc(-c3ccc(CO[C@H]4CCC[C@@H]4NC(=O)c4cc(-c5cnn(C)c5)cnc4N)cc3)ccc21. The Morgan fingerprint density at radius 3 is 2.60 bits per heavy atom. The lowest BCUT2D eigenvalue weighted by molar-refractivity contribution is -0.117. The van der Waals surface area contributed by atoms with Crippen LogP contribution in [-0.2, 0) is 29.6 Å². The second kappa shape index (κ2) is 10.6. The summed E-state index contributed by atoms with van der Waals surface area (Å²) in [4.78, 5) is 31.2. The molecule has 4 aromatic rings. The number of anilines is 2. The molecule has 1 aliphatic heterocycles. The smallest absolute Gasteiger partial charge is 0.255 e. The average molecular weight is 537 g/mol. The van der Waals surface area contributed by atoms with Crippen LogP contribution in [0, 0.1) is 0 Å². The summed E-state index contributed by atoms with van der Waals surface area (Å²) in [5.74, 6) is 0.0740. The summed E-state index contributed by atoms with van der Waals surface area (Å²) in [5, 5.41) is 7.33. The topological polar surface area (TPSA) is 115 Å². The van der Waals surface area contributed by atoms with Gasteiger partial charge >= 0.3 is 0 Å². The summed E-state index contributed by atoms with van der Waals surface area (Å²) in [5.41, 5.74) is 13.4. The minimum Gasteiger partial charge on any atom is -0.383 e. The second-order valence-electron chi connectivity index (χ2n) is 10.6. The number of nitrogens with zero attached hydrogens (tertiary/aromatic N) is 4. The molecule has 2 aromatic carbocycles. The van der Waals surface area contributed by atoms with Gasteiger partial charge in [0.15, 0.2) is 0 Å². The summed E-state index contributed by atoms with van der Waals surface area (Å²) in [7, 11) is 3.66. The van der Waals surface area contributed by atoms with E-state index < -0.39 is 0 Å². The Morgan fingerprint density at radius 1 is 1.02 bits per heavy atom. The van der Waals surface area contributed by atoms with Gasteiger partial charge in [-0.25, -0.2) is 4.98 Å². The molecule has 9 heteroatoms. The van der Waals surface area contributed by atoms with Gasteiger partial charge in [0.1, 0.15) is 5.82 Å². The van der Waals surface area contributed by atoms with Gasteiger partial charge in [0.05, 0.1) is 36.9 Å². The molecular weight excluding hydrogens is 504 g/mol. The van der Waals surface area contributed by atoms with Crippen LogP contribution in [0.2, 0.25) is 0 Å². The summed E-state index contributed by atoms with van der Waals surface area (Å²) in [6.45, 7) is 0.459. The van der Waals surface area contributed by atoms with Crippen molar-refractivity contribution in [1.82, 2.24) is 20.1 Å². The van der Waals surface area contributed by atoms with Crippen LogP contribution < -0.4 is 16.0 Å². The minimum absolute atomic E-state index is 0.0782. The predicted molar refractivity (Wildman–Crippen MR) is 154 cm³/mol. The lowest BCUT2D eigenvalue weighted by Crippen LogP contribution is -2.41. The molecule has 0 spiro atoms. The number of hydrogen-bond donors (Lipinski definition) is 2. The van der Waals surface area contributed by atoms with Crippen LogP contribution in [0.4, 0.5) is 11.5 Å². The number of nitrogen functional groups attached to an aromatic ring is 1. The molecule has 1 fully saturated rings. The van der Waals surface area contributed by atoms with Gasteiger partial charge in [0.2, 0.25) is 5.91 Å². The van der Waals surface area contributed by atoms with Crippen LogP contribution in [0.3, 0.4) is 0 Å². The summed E-state index contributed by atoms with van der Waals surface area (Å²) >= 11 is 0. The third kappa shape index (κ3) is 5.08. The fourth-order valence-electron chi connectivity index (χ4n) is 5.57. The molecule has 0 radical (unpaired) electrons. The number of amides is 2. The predicted octanol–water partition coefficient (Wildman–Crippen LogP) is 4.12. The quantitative estimate of drug-likeness (QED) is 0.367. The van der Waals surface area contributed by atoms with Crippen LogP contribution in [0.15, 0.2) is 67.1 Å². The van der Waals surface area contributed by atoms with Crippen LogP contribution >= 0.6 is 0 Å². The van der Waals surface area contributed by atoms with E-state index in [9.17, 15) is 9.59 Å². The molecule has 0 bridgehead atoms. The van der Waals surface area contributed by atoms with Gasteiger partial charge in [-0.2, -0.15) is 5.10 Å². The molecule has 1 aliphatic carbocycles. The lowest BCUT2D eigenvalue weighted by Gasteiger charge is -2.22. The zero-order valence-corrected chi connectivity index (χ0v) is 22.6. The number of fused-ring (bicyclic) bond motifs is 1. The molecule has 2 aliphatic rings. The van der Waals surface area contributed by atoms with Gasteiger partial charge < -0.3 is 20.7 Å². The first-order valence-corrected chi connectivity index (χ1v) is 13.5. The van der Waals surface area contributed by atoms with Crippen LogP contribution in [-0.4, -0.2) is 45.8 Å². The molecule has 3 N–H and O–H groups in total. The van der Waals surface area contributed by atoms with Gasteiger partial charge in [0.25, 0.3) is 5.91 Å². The van der Waals surface area contributed by atoms with Crippen molar-refractivity contribution < 1.29 is 14.3 Å². The molecule has 6 rings (SSSR count). The zero-order valence-electron chi connectivity index (χ0n) is 22.6. The van der Waals surface area contributed by atoms with E-state index in [-0.39, 0.29) is 29.8 Å². The van der Waals surface area contributed by atoms with Crippen molar-refractivity contribution in [3.63, 3.8) is 0 Å². The molecule has 2 amide bonds. The number of rotatable bonds is 7. The lowest BCUT2D eigenvalue weighted by atomic mass is 10.0. The molecule has 2 atom stereocenters. The van der Waals surface area contributed by atoms with Gasteiger partial charge in [-0.3, -0.25) is 14.3 Å². The van der Waals surface area contributed by atoms with Crippen molar-refractivity contribution in [2.24, 2.45) is 7.05 Å². The third-order valence-electron chi connectivity index (χ3n) is 7.88. The monoisotopic (exact) mass is 536 g/mol. The van der Waals surface area contributed by atoms with Crippen molar-refractivity contribution in [3.8, 4) is 22.3 Å². The highest BCUT2D eigenvalue weighted by Crippen LogP contribution is 2.32. The van der Waals surface area contributed by atoms with Crippen LogP contribution in [0.5, 0.6) is 0 Å². The molecular formula is C31H32N6O3. The fourth-order valence-corrected chi connectivity index (χ4v) is 5.57. The normalized spacial score (nSPS) is 18.2. The molecule has 0 saturated heterocycles. The number of aryl methyl sites for hydroxylation is 1. The van der Waals surface area contributed by atoms with E-state index in [1.165, 1.54) is 0 Å². The number of carbonyl (C=O) groups excluding carboxylic acids is 2. The number of carbonyl (C=O) groups is 2. The molecule has 3 heterocycles. The number of likely N-dealkylation sites (N-methyl/N-ethyl adjacent to an activating group) is 1. The number of ether oxygens (including phenoxy) is 1. The molecule has 0 unspecified atom stereocenters. The number of nitrogens with two attached hydrogens (primary N) is 1. The molecule has 9 nitrogen and oxygen atoms in total. The average Bonchev–Trinajstić information content (AvgIpc) is 3.67. The Hall–Kier alpha value is -4.50. The Bertz CT molecular complexity index is 1580. The Balaban J connectivity index is 1.08. The van der Waals surface area contributed by atoms with Gasteiger partial charge in [-0.15, -0.1) is 0 Å². The maximum Gasteiger partial charge on any atom is 0.255 e. The number of hydrogen-bond acceptors (Lipinski definition) is 6. The van der Waals surface area contributed by atoms with E-state index in [1.807, 2.05) is 26.4 Å². The first-order valence-electron chi connectivity index (χ1n) is 13.5. The highest BCUT2D eigenvalue weighted by molar-refractivity contribution is 6.01. The molecule has 204 valence electrons. The fraction of sp³-hybridized carbons (Fsp3) is 0.290. The van der Waals surface area contributed by atoms with Crippen molar-refractivity contribution in [2.45, 2.75) is 44.4 Å².